The van der Waals surface area contributed by atoms with Crippen molar-refractivity contribution in [2.75, 3.05) is 5.43 Å². The number of aryl methyl sites for hydroxylation is 1. The van der Waals surface area contributed by atoms with Gasteiger partial charge in [-0.25, -0.2) is 20.8 Å². The van der Waals surface area contributed by atoms with E-state index in [1.807, 2.05) is 6.92 Å². The van der Waals surface area contributed by atoms with Gasteiger partial charge < -0.3 is 5.43 Å². The third-order valence-electron chi connectivity index (χ3n) is 2.55. The van der Waals surface area contributed by atoms with Gasteiger partial charge in [-0.05, 0) is 6.42 Å². The summed E-state index contributed by atoms with van der Waals surface area (Å²) in [4.78, 5) is 10.9. The molecule has 0 saturated heterocycles. The van der Waals surface area contributed by atoms with E-state index in [-0.39, 0.29) is 11.6 Å². The Kier molecular flexibility index (Phi) is 3.89. The molecule has 0 aromatic carbocycles. The van der Waals surface area contributed by atoms with E-state index in [9.17, 15) is 13.2 Å². The number of nitrogen functional groups attached to an aromatic ring is 1. The van der Waals surface area contributed by atoms with Crippen molar-refractivity contribution in [1.29, 1.82) is 0 Å². The molecule has 3 N–H and O–H groups in total. The Hall–Kier alpha value is -2.16. The maximum absolute atomic E-state index is 12.8. The molecule has 2 rings (SSSR count). The standard InChI is InChI=1S/C11H13F3N6/c1-2-3-8-16-4-5-20(8)9-6-7(19-15)17-10(18-9)11(12,13)14/h4-6H,2-3,15H2,1H3,(H,17,18,19). The second-order valence-corrected chi connectivity index (χ2v) is 4.04. The third kappa shape index (κ3) is 2.87. The molecule has 0 bridgehead atoms. The number of aromatic nitrogens is 4. The highest BCUT2D eigenvalue weighted by molar-refractivity contribution is 5.41. The summed E-state index contributed by atoms with van der Waals surface area (Å²) in [6, 6.07) is 1.33. The van der Waals surface area contributed by atoms with Crippen LogP contribution in [0.4, 0.5) is 19.0 Å². The molecule has 0 spiro atoms. The molecule has 6 nitrogen and oxygen atoms in total. The van der Waals surface area contributed by atoms with Gasteiger partial charge in [-0.1, -0.05) is 6.92 Å². The molecule has 0 fully saturated rings. The van der Waals surface area contributed by atoms with Crippen molar-refractivity contribution in [3.8, 4) is 5.82 Å². The Morgan fingerprint density at radius 2 is 2.10 bits per heavy atom. The molecular formula is C11H13F3N6. The second kappa shape index (κ2) is 5.45. The molecule has 108 valence electrons. The summed E-state index contributed by atoms with van der Waals surface area (Å²) in [5, 5.41) is 0. The molecular weight excluding hydrogens is 273 g/mol. The summed E-state index contributed by atoms with van der Waals surface area (Å²) < 4.78 is 39.8. The van der Waals surface area contributed by atoms with E-state index >= 15 is 0 Å². The van der Waals surface area contributed by atoms with Crippen molar-refractivity contribution in [1.82, 2.24) is 19.5 Å². The fourth-order valence-electron chi connectivity index (χ4n) is 1.71. The molecule has 0 radical (unpaired) electrons. The number of anilines is 1. The highest BCUT2D eigenvalue weighted by atomic mass is 19.4. The van der Waals surface area contributed by atoms with Gasteiger partial charge in [0.05, 0.1) is 0 Å². The SMILES string of the molecule is CCCc1nccn1-c1cc(NN)nc(C(F)(F)F)n1. The van der Waals surface area contributed by atoms with Gasteiger partial charge in [-0.2, -0.15) is 13.2 Å². The lowest BCUT2D eigenvalue weighted by Crippen LogP contribution is -2.18. The normalized spacial score (nSPS) is 11.7. The first-order valence-corrected chi connectivity index (χ1v) is 5.91. The first-order chi connectivity index (χ1) is 9.45. The van der Waals surface area contributed by atoms with Crippen molar-refractivity contribution in [2.45, 2.75) is 25.9 Å². The molecule has 0 atom stereocenters. The number of hydrogen-bond acceptors (Lipinski definition) is 5. The van der Waals surface area contributed by atoms with E-state index in [1.54, 1.807) is 6.20 Å². The Bertz CT molecular complexity index is 592. The van der Waals surface area contributed by atoms with Crippen LogP contribution in [-0.2, 0) is 12.6 Å². The lowest BCUT2D eigenvalue weighted by Gasteiger charge is -2.11. The average molecular weight is 286 g/mol. The number of imidazole rings is 1. The van der Waals surface area contributed by atoms with E-state index in [2.05, 4.69) is 20.4 Å². The third-order valence-corrected chi connectivity index (χ3v) is 2.55. The summed E-state index contributed by atoms with van der Waals surface area (Å²) in [5.74, 6) is 4.48. The fourth-order valence-corrected chi connectivity index (χ4v) is 1.71. The molecule has 0 aliphatic rings. The number of hydrazine groups is 1. The molecule has 0 aliphatic carbocycles. The topological polar surface area (TPSA) is 81.7 Å². The van der Waals surface area contributed by atoms with Crippen LogP contribution in [0.25, 0.3) is 5.82 Å². The van der Waals surface area contributed by atoms with Gasteiger partial charge in [0.1, 0.15) is 17.5 Å². The lowest BCUT2D eigenvalue weighted by molar-refractivity contribution is -0.144. The minimum atomic E-state index is -4.65. The number of rotatable bonds is 4. The van der Waals surface area contributed by atoms with Crippen LogP contribution in [-0.4, -0.2) is 19.5 Å². The number of alkyl halides is 3. The van der Waals surface area contributed by atoms with Crippen LogP contribution in [0.3, 0.4) is 0 Å². The highest BCUT2D eigenvalue weighted by Crippen LogP contribution is 2.28. The van der Waals surface area contributed by atoms with Gasteiger partial charge in [-0.15, -0.1) is 0 Å². The van der Waals surface area contributed by atoms with Crippen molar-refractivity contribution in [2.24, 2.45) is 5.84 Å². The van der Waals surface area contributed by atoms with Crippen LogP contribution in [0.5, 0.6) is 0 Å². The smallest absolute Gasteiger partial charge is 0.308 e. The number of nitrogens with one attached hydrogen (secondary N) is 1. The Morgan fingerprint density at radius 3 is 2.70 bits per heavy atom. The molecule has 0 aliphatic heterocycles. The maximum atomic E-state index is 12.8. The van der Waals surface area contributed by atoms with Crippen molar-refractivity contribution < 1.29 is 13.2 Å². The maximum Gasteiger partial charge on any atom is 0.451 e. The van der Waals surface area contributed by atoms with Crippen LogP contribution >= 0.6 is 0 Å². The predicted molar refractivity (Wildman–Crippen MR) is 66.0 cm³/mol. The molecule has 9 heteroatoms. The number of hydrogen-bond donors (Lipinski definition) is 2. The van der Waals surface area contributed by atoms with Crippen molar-refractivity contribution in [3.63, 3.8) is 0 Å². The van der Waals surface area contributed by atoms with Crippen LogP contribution in [0.2, 0.25) is 0 Å². The first kappa shape index (κ1) is 14.3. The van der Waals surface area contributed by atoms with Gasteiger partial charge in [0, 0.05) is 24.9 Å². The predicted octanol–water partition coefficient (Wildman–Crippen LogP) is 1.92. The molecule has 2 heterocycles. The molecule has 2 aromatic heterocycles. The van der Waals surface area contributed by atoms with Crippen molar-refractivity contribution >= 4 is 5.82 Å². The highest BCUT2D eigenvalue weighted by Gasteiger charge is 2.35. The minimum Gasteiger partial charge on any atom is -0.308 e. The van der Waals surface area contributed by atoms with Crippen LogP contribution in [0, 0.1) is 0 Å². The lowest BCUT2D eigenvalue weighted by atomic mass is 10.3. The summed E-state index contributed by atoms with van der Waals surface area (Å²) in [6.45, 7) is 1.95. The zero-order valence-corrected chi connectivity index (χ0v) is 10.6. The summed E-state index contributed by atoms with van der Waals surface area (Å²) in [5.41, 5.74) is 2.11. The zero-order chi connectivity index (χ0) is 14.8. The fraction of sp³-hybridized carbons (Fsp3) is 0.364. The largest absolute Gasteiger partial charge is 0.451 e. The Balaban J connectivity index is 2.53. The van der Waals surface area contributed by atoms with E-state index in [0.717, 1.165) is 6.42 Å². The number of nitrogens with two attached hydrogens (primary N) is 1. The number of nitrogens with zero attached hydrogens (tertiary/aromatic N) is 4. The molecule has 2 aromatic rings. The van der Waals surface area contributed by atoms with Crippen LogP contribution in [0.15, 0.2) is 18.5 Å². The first-order valence-electron chi connectivity index (χ1n) is 5.91. The summed E-state index contributed by atoms with van der Waals surface area (Å²) in [7, 11) is 0. The van der Waals surface area contributed by atoms with Gasteiger partial charge in [0.25, 0.3) is 0 Å². The molecule has 0 saturated carbocycles. The number of halogens is 3. The van der Waals surface area contributed by atoms with Crippen LogP contribution in [0.1, 0.15) is 25.0 Å². The van der Waals surface area contributed by atoms with E-state index in [1.165, 1.54) is 16.8 Å². The summed E-state index contributed by atoms with van der Waals surface area (Å²) >= 11 is 0. The van der Waals surface area contributed by atoms with Crippen molar-refractivity contribution in [3.05, 3.63) is 30.1 Å². The quantitative estimate of drug-likeness (QED) is 0.663. The van der Waals surface area contributed by atoms with Crippen LogP contribution < -0.4 is 11.3 Å². The van der Waals surface area contributed by atoms with E-state index in [4.69, 9.17) is 5.84 Å². The monoisotopic (exact) mass is 286 g/mol. The van der Waals surface area contributed by atoms with Gasteiger partial charge in [0.2, 0.25) is 5.82 Å². The summed E-state index contributed by atoms with van der Waals surface area (Å²) in [6.07, 6.45) is -0.142. The Morgan fingerprint density at radius 1 is 1.35 bits per heavy atom. The van der Waals surface area contributed by atoms with Gasteiger partial charge in [0.15, 0.2) is 0 Å². The minimum absolute atomic E-state index is 0.0706. The second-order valence-electron chi connectivity index (χ2n) is 4.04. The molecule has 20 heavy (non-hydrogen) atoms. The van der Waals surface area contributed by atoms with Gasteiger partial charge in [-0.3, -0.25) is 4.57 Å². The molecule has 0 amide bonds. The van der Waals surface area contributed by atoms with E-state index < -0.39 is 12.0 Å². The average Bonchev–Trinajstić information content (AvgIpc) is 2.86. The zero-order valence-electron chi connectivity index (χ0n) is 10.6. The van der Waals surface area contributed by atoms with Gasteiger partial charge >= 0.3 is 6.18 Å². The van der Waals surface area contributed by atoms with E-state index in [0.29, 0.717) is 12.2 Å². The molecule has 0 unspecified atom stereocenters. The Labute approximate surface area is 112 Å².